The average Bonchev–Trinajstić information content (AvgIpc) is 2.57. The monoisotopic (exact) mass is 401 g/mol. The minimum atomic E-state index is -4.74. The van der Waals surface area contributed by atoms with Gasteiger partial charge in [0.25, 0.3) is 0 Å². The Balaban J connectivity index is 2.64. The molecule has 0 bridgehead atoms. The maximum absolute atomic E-state index is 13.8. The van der Waals surface area contributed by atoms with Crippen molar-refractivity contribution in [3.8, 4) is 0 Å². The summed E-state index contributed by atoms with van der Waals surface area (Å²) in [6.07, 6.45) is -1.99. The smallest absolute Gasteiger partial charge is 0.235 e. The van der Waals surface area contributed by atoms with Crippen molar-refractivity contribution in [3.05, 3.63) is 59.4 Å². The Hall–Kier alpha value is -2.16. The molecule has 2 atom stereocenters. The van der Waals surface area contributed by atoms with Crippen LogP contribution in [0.4, 0.5) is 17.6 Å². The van der Waals surface area contributed by atoms with Crippen LogP contribution in [0.25, 0.3) is 0 Å². The van der Waals surface area contributed by atoms with E-state index < -0.39 is 33.8 Å². The predicted octanol–water partition coefficient (Wildman–Crippen LogP) is 4.57. The number of hydrogen-bond donors (Lipinski definition) is 0. The fourth-order valence-corrected chi connectivity index (χ4v) is 3.14. The van der Waals surface area contributed by atoms with Gasteiger partial charge in [0.05, 0.1) is 10.8 Å². The van der Waals surface area contributed by atoms with E-state index in [1.165, 1.54) is 18.5 Å². The van der Waals surface area contributed by atoms with Gasteiger partial charge in [0, 0.05) is 18.0 Å². The Bertz CT molecular complexity index is 861. The van der Waals surface area contributed by atoms with E-state index in [1.54, 1.807) is 6.92 Å². The third-order valence-electron chi connectivity index (χ3n) is 3.98. The molecule has 0 aliphatic heterocycles. The van der Waals surface area contributed by atoms with E-state index in [4.69, 9.17) is 0 Å². The molecule has 1 heterocycles. The Morgan fingerprint density at radius 1 is 1.11 bits per heavy atom. The molecule has 0 amide bonds. The van der Waals surface area contributed by atoms with Crippen molar-refractivity contribution in [2.24, 2.45) is 9.81 Å². The van der Waals surface area contributed by atoms with Crippen LogP contribution in [0, 0.1) is 11.2 Å². The lowest BCUT2D eigenvalue weighted by molar-refractivity contribution is -0.137. The van der Waals surface area contributed by atoms with E-state index >= 15 is 0 Å². The normalized spacial score (nSPS) is 15.5. The first-order valence-electron chi connectivity index (χ1n) is 8.04. The van der Waals surface area contributed by atoms with Gasteiger partial charge in [0.2, 0.25) is 0 Å². The standard InChI is InChI=1S/C18H19F4N3OS/c1-11(17(2,3)4)27(26)25-15(16-23-6-5-7-24-16)12-8-13(18(20,21)22)10-14(19)9-12/h5-11H,1-4H3/t11-,27?/m0/s1. The van der Waals surface area contributed by atoms with Crippen LogP contribution in [0.2, 0.25) is 0 Å². The number of rotatable bonds is 4. The average molecular weight is 401 g/mol. The first-order chi connectivity index (χ1) is 12.4. The molecule has 0 radical (unpaired) electrons. The largest absolute Gasteiger partial charge is 0.416 e. The lowest BCUT2D eigenvalue weighted by Crippen LogP contribution is -2.27. The Morgan fingerprint density at radius 2 is 1.70 bits per heavy atom. The topological polar surface area (TPSA) is 55.2 Å². The second kappa shape index (κ2) is 7.84. The molecule has 0 spiro atoms. The quantitative estimate of drug-likeness (QED) is 0.557. The third kappa shape index (κ3) is 5.41. The zero-order valence-electron chi connectivity index (χ0n) is 15.2. The Labute approximate surface area is 157 Å². The van der Waals surface area contributed by atoms with Crippen molar-refractivity contribution in [2.45, 2.75) is 39.1 Å². The van der Waals surface area contributed by atoms with Crippen LogP contribution in [0.1, 0.15) is 44.6 Å². The Morgan fingerprint density at radius 3 is 2.22 bits per heavy atom. The summed E-state index contributed by atoms with van der Waals surface area (Å²) in [5, 5.41) is -0.410. The number of benzene rings is 1. The summed E-state index contributed by atoms with van der Waals surface area (Å²) in [5.41, 5.74) is -1.88. The van der Waals surface area contributed by atoms with Crippen LogP contribution in [0.15, 0.2) is 41.1 Å². The molecule has 146 valence electrons. The van der Waals surface area contributed by atoms with Gasteiger partial charge < -0.3 is 0 Å². The molecule has 0 saturated carbocycles. The van der Waals surface area contributed by atoms with Gasteiger partial charge >= 0.3 is 6.18 Å². The van der Waals surface area contributed by atoms with Gasteiger partial charge in [0.1, 0.15) is 22.5 Å². The van der Waals surface area contributed by atoms with Crippen LogP contribution < -0.4 is 0 Å². The molecular weight excluding hydrogens is 382 g/mol. The molecule has 0 aliphatic rings. The van der Waals surface area contributed by atoms with Crippen molar-refractivity contribution in [3.63, 3.8) is 0 Å². The van der Waals surface area contributed by atoms with Gasteiger partial charge in [-0.3, -0.25) is 0 Å². The summed E-state index contributed by atoms with van der Waals surface area (Å²) in [6.45, 7) is 7.32. The van der Waals surface area contributed by atoms with Gasteiger partial charge in [-0.2, -0.15) is 17.6 Å². The molecule has 27 heavy (non-hydrogen) atoms. The molecule has 1 aromatic carbocycles. The fourth-order valence-electron chi connectivity index (χ4n) is 2.01. The zero-order valence-corrected chi connectivity index (χ0v) is 16.0. The maximum Gasteiger partial charge on any atom is 0.416 e. The Kier molecular flexibility index (Phi) is 6.14. The highest BCUT2D eigenvalue weighted by molar-refractivity contribution is 7.84. The molecule has 0 aliphatic carbocycles. The van der Waals surface area contributed by atoms with Crippen molar-refractivity contribution < 1.29 is 21.8 Å². The lowest BCUT2D eigenvalue weighted by atomic mass is 9.93. The molecule has 0 saturated heterocycles. The molecule has 4 nitrogen and oxygen atoms in total. The summed E-state index contributed by atoms with van der Waals surface area (Å²) < 4.78 is 69.8. The highest BCUT2D eigenvalue weighted by atomic mass is 32.2. The summed E-state index contributed by atoms with van der Waals surface area (Å²) >= 11 is 0. The number of nitrogens with zero attached hydrogens (tertiary/aromatic N) is 3. The molecule has 2 aromatic rings. The third-order valence-corrected chi connectivity index (χ3v) is 5.65. The van der Waals surface area contributed by atoms with Crippen LogP contribution in [0.3, 0.4) is 0 Å². The van der Waals surface area contributed by atoms with Gasteiger partial charge in [-0.25, -0.2) is 18.6 Å². The number of hydrogen-bond acceptors (Lipinski definition) is 3. The minimum absolute atomic E-state index is 0.0364. The van der Waals surface area contributed by atoms with Crippen LogP contribution in [0.5, 0.6) is 0 Å². The van der Waals surface area contributed by atoms with Crippen LogP contribution >= 0.6 is 0 Å². The number of alkyl halides is 3. The SMILES string of the molecule is C[C@H](S(=O)N=C(c1cc(F)cc(C(F)(F)F)c1)c1ncccn1)C(C)(C)C. The first-order valence-corrected chi connectivity index (χ1v) is 9.21. The van der Waals surface area contributed by atoms with Gasteiger partial charge in [0.15, 0.2) is 5.82 Å². The van der Waals surface area contributed by atoms with Crippen molar-refractivity contribution in [1.82, 2.24) is 9.97 Å². The van der Waals surface area contributed by atoms with Crippen molar-refractivity contribution in [2.75, 3.05) is 0 Å². The van der Waals surface area contributed by atoms with Gasteiger partial charge in [-0.1, -0.05) is 20.8 Å². The van der Waals surface area contributed by atoms with Gasteiger partial charge in [-0.05, 0) is 36.6 Å². The molecule has 9 heteroatoms. The number of aromatic nitrogens is 2. The van der Waals surface area contributed by atoms with Crippen LogP contribution in [-0.4, -0.2) is 25.1 Å². The summed E-state index contributed by atoms with van der Waals surface area (Å²) in [5.74, 6) is -1.12. The molecule has 0 N–H and O–H groups in total. The molecule has 1 unspecified atom stereocenters. The summed E-state index contributed by atoms with van der Waals surface area (Å²) in [6, 6.07) is 3.55. The van der Waals surface area contributed by atoms with E-state index in [2.05, 4.69) is 14.4 Å². The second-order valence-electron chi connectivity index (χ2n) is 7.02. The van der Waals surface area contributed by atoms with Crippen molar-refractivity contribution in [1.29, 1.82) is 0 Å². The lowest BCUT2D eigenvalue weighted by Gasteiger charge is -2.24. The first kappa shape index (κ1) is 21.1. The molecule has 2 rings (SSSR count). The number of halogens is 4. The predicted molar refractivity (Wildman–Crippen MR) is 96.1 cm³/mol. The molecular formula is C18H19F4N3OS. The molecule has 1 aromatic heterocycles. The maximum atomic E-state index is 13.8. The van der Waals surface area contributed by atoms with Crippen LogP contribution in [-0.2, 0) is 17.2 Å². The minimum Gasteiger partial charge on any atom is -0.235 e. The highest BCUT2D eigenvalue weighted by Gasteiger charge is 2.32. The highest BCUT2D eigenvalue weighted by Crippen LogP contribution is 2.31. The van der Waals surface area contributed by atoms with Crippen molar-refractivity contribution >= 4 is 16.7 Å². The van der Waals surface area contributed by atoms with E-state index in [-0.39, 0.29) is 22.5 Å². The summed E-state index contributed by atoms with van der Waals surface area (Å²) in [7, 11) is -1.80. The molecule has 0 fully saturated rings. The van der Waals surface area contributed by atoms with E-state index in [0.29, 0.717) is 6.07 Å². The van der Waals surface area contributed by atoms with Gasteiger partial charge in [-0.15, -0.1) is 0 Å². The fraction of sp³-hybridized carbons (Fsp3) is 0.389. The van der Waals surface area contributed by atoms with E-state index in [9.17, 15) is 21.8 Å². The summed E-state index contributed by atoms with van der Waals surface area (Å²) in [4.78, 5) is 7.94. The van der Waals surface area contributed by atoms with E-state index in [0.717, 1.165) is 12.1 Å². The second-order valence-corrected chi connectivity index (χ2v) is 8.47. The van der Waals surface area contributed by atoms with E-state index in [1.807, 2.05) is 20.8 Å². The zero-order chi connectivity index (χ0) is 20.4.